The molecule has 0 radical (unpaired) electrons. The number of imidazole rings is 1. The molecular weight excluding hydrogens is 416 g/mol. The molecule has 8 heteroatoms. The minimum Gasteiger partial charge on any atom is -0.333 e. The van der Waals surface area contributed by atoms with E-state index in [0.29, 0.717) is 23.6 Å². The fourth-order valence-corrected chi connectivity index (χ4v) is 4.43. The van der Waals surface area contributed by atoms with Gasteiger partial charge in [0, 0.05) is 47.9 Å². The van der Waals surface area contributed by atoms with E-state index < -0.39 is 11.9 Å². The van der Waals surface area contributed by atoms with Crippen molar-refractivity contribution < 1.29 is 14.4 Å². The molecule has 1 atom stereocenters. The number of hydrogen-bond donors (Lipinski definition) is 1. The van der Waals surface area contributed by atoms with Crippen LogP contribution in [0.25, 0.3) is 22.6 Å². The van der Waals surface area contributed by atoms with Gasteiger partial charge in [-0.15, -0.1) is 0 Å². The highest BCUT2D eigenvalue weighted by atomic mass is 35.5. The molecule has 5 rings (SSSR count). The predicted octanol–water partition coefficient (Wildman–Crippen LogP) is 3.17. The molecule has 2 aromatic carbocycles. The van der Waals surface area contributed by atoms with E-state index in [1.807, 2.05) is 54.2 Å². The number of imide groups is 1. The van der Waals surface area contributed by atoms with Gasteiger partial charge in [0.05, 0.1) is 5.69 Å². The summed E-state index contributed by atoms with van der Waals surface area (Å²) in [5.41, 5.74) is 4.02. The Labute approximate surface area is 183 Å². The Bertz CT molecular complexity index is 1250. The van der Waals surface area contributed by atoms with Crippen molar-refractivity contribution in [3.05, 3.63) is 64.8 Å². The Kier molecular flexibility index (Phi) is 4.63. The number of benzene rings is 2. The standard InChI is InChI=1S/C23H19ClN4O3/c1-27-12-18(25-21(27)14-3-2-4-16(24)10-14)13-5-6-17-15(9-13)11-28(23(17)31)19-7-8-20(29)26-22(19)30/h2-6,9-10,12,19H,7-8,11H2,1H3,(H,26,29,30). The maximum Gasteiger partial charge on any atom is 0.255 e. The number of halogens is 1. The zero-order valence-corrected chi connectivity index (χ0v) is 17.5. The van der Waals surface area contributed by atoms with Gasteiger partial charge in [0.25, 0.3) is 5.91 Å². The normalized spacial score (nSPS) is 18.3. The van der Waals surface area contributed by atoms with E-state index in [-0.39, 0.29) is 18.2 Å². The highest BCUT2D eigenvalue weighted by Crippen LogP contribution is 2.32. The summed E-state index contributed by atoms with van der Waals surface area (Å²) in [6.07, 6.45) is 2.52. The first-order valence-corrected chi connectivity index (χ1v) is 10.4. The van der Waals surface area contributed by atoms with Gasteiger partial charge >= 0.3 is 0 Å². The van der Waals surface area contributed by atoms with Crippen molar-refractivity contribution in [2.45, 2.75) is 25.4 Å². The molecule has 0 bridgehead atoms. The molecule has 31 heavy (non-hydrogen) atoms. The van der Waals surface area contributed by atoms with Gasteiger partial charge in [-0.2, -0.15) is 0 Å². The maximum atomic E-state index is 12.9. The van der Waals surface area contributed by atoms with E-state index in [9.17, 15) is 14.4 Å². The number of aryl methyl sites for hydroxylation is 1. The van der Waals surface area contributed by atoms with Crippen LogP contribution in [0, 0.1) is 0 Å². The highest BCUT2D eigenvalue weighted by Gasteiger charge is 2.39. The van der Waals surface area contributed by atoms with Crippen LogP contribution >= 0.6 is 11.6 Å². The molecule has 2 aliphatic heterocycles. The summed E-state index contributed by atoms with van der Waals surface area (Å²) in [4.78, 5) is 42.9. The van der Waals surface area contributed by atoms with Crippen molar-refractivity contribution >= 4 is 29.3 Å². The largest absolute Gasteiger partial charge is 0.333 e. The lowest BCUT2D eigenvalue weighted by molar-refractivity contribution is -0.136. The zero-order valence-electron chi connectivity index (χ0n) is 16.8. The Morgan fingerprint density at radius 3 is 2.71 bits per heavy atom. The summed E-state index contributed by atoms with van der Waals surface area (Å²) in [6, 6.07) is 12.5. The van der Waals surface area contributed by atoms with Crippen LogP contribution in [-0.4, -0.2) is 38.2 Å². The monoisotopic (exact) mass is 434 g/mol. The smallest absolute Gasteiger partial charge is 0.255 e. The molecule has 3 amide bonds. The van der Waals surface area contributed by atoms with E-state index >= 15 is 0 Å². The number of nitrogens with zero attached hydrogens (tertiary/aromatic N) is 3. The second-order valence-electron chi connectivity index (χ2n) is 7.84. The van der Waals surface area contributed by atoms with Gasteiger partial charge in [0.1, 0.15) is 11.9 Å². The molecule has 2 aliphatic rings. The third kappa shape index (κ3) is 3.41. The molecule has 1 unspecified atom stereocenters. The lowest BCUT2D eigenvalue weighted by Gasteiger charge is -2.29. The van der Waals surface area contributed by atoms with E-state index in [2.05, 4.69) is 5.32 Å². The molecule has 3 aromatic rings. The fraction of sp³-hybridized carbons (Fsp3) is 0.217. The van der Waals surface area contributed by atoms with Crippen LogP contribution in [0.2, 0.25) is 5.02 Å². The van der Waals surface area contributed by atoms with Crippen LogP contribution in [0.4, 0.5) is 0 Å². The summed E-state index contributed by atoms with van der Waals surface area (Å²) in [5, 5.41) is 2.97. The van der Waals surface area contributed by atoms with E-state index in [4.69, 9.17) is 16.6 Å². The second kappa shape index (κ2) is 7.35. The van der Waals surface area contributed by atoms with Gasteiger partial charge in [-0.1, -0.05) is 29.8 Å². The number of fused-ring (bicyclic) bond motifs is 1. The first kappa shape index (κ1) is 19.5. The van der Waals surface area contributed by atoms with Crippen molar-refractivity contribution in [1.82, 2.24) is 19.8 Å². The molecule has 1 aromatic heterocycles. The highest BCUT2D eigenvalue weighted by molar-refractivity contribution is 6.30. The number of amides is 3. The lowest BCUT2D eigenvalue weighted by Crippen LogP contribution is -2.52. The average molecular weight is 435 g/mol. The van der Waals surface area contributed by atoms with Crippen LogP contribution in [0.3, 0.4) is 0 Å². The number of hydrogen-bond acceptors (Lipinski definition) is 4. The van der Waals surface area contributed by atoms with Crippen LogP contribution in [-0.2, 0) is 23.2 Å². The molecular formula is C23H19ClN4O3. The van der Waals surface area contributed by atoms with E-state index in [1.54, 1.807) is 11.0 Å². The van der Waals surface area contributed by atoms with E-state index in [1.165, 1.54) is 0 Å². The van der Waals surface area contributed by atoms with Crippen molar-refractivity contribution in [2.75, 3.05) is 0 Å². The quantitative estimate of drug-likeness (QED) is 0.642. The SMILES string of the molecule is Cn1cc(-c2ccc3c(c2)CN(C2CCC(=O)NC2=O)C3=O)nc1-c1cccc(Cl)c1. The van der Waals surface area contributed by atoms with E-state index in [0.717, 1.165) is 28.2 Å². The third-order valence-corrected chi connectivity index (χ3v) is 6.01. The minimum atomic E-state index is -0.620. The Morgan fingerprint density at radius 1 is 1.10 bits per heavy atom. The number of piperidine rings is 1. The Morgan fingerprint density at radius 2 is 1.94 bits per heavy atom. The van der Waals surface area contributed by atoms with Gasteiger partial charge in [0.2, 0.25) is 11.8 Å². The van der Waals surface area contributed by atoms with Gasteiger partial charge in [-0.3, -0.25) is 19.7 Å². The summed E-state index contributed by atoms with van der Waals surface area (Å²) < 4.78 is 1.94. The number of aromatic nitrogens is 2. The summed E-state index contributed by atoms with van der Waals surface area (Å²) >= 11 is 6.12. The van der Waals surface area contributed by atoms with Gasteiger partial charge < -0.3 is 9.47 Å². The van der Waals surface area contributed by atoms with Crippen LogP contribution < -0.4 is 5.32 Å². The number of carbonyl (C=O) groups excluding carboxylic acids is 3. The first-order valence-electron chi connectivity index (χ1n) is 9.98. The maximum absolute atomic E-state index is 12.9. The lowest BCUT2D eigenvalue weighted by atomic mass is 10.0. The van der Waals surface area contributed by atoms with Gasteiger partial charge in [0.15, 0.2) is 0 Å². The van der Waals surface area contributed by atoms with Crippen LogP contribution in [0.1, 0.15) is 28.8 Å². The van der Waals surface area contributed by atoms with Crippen molar-refractivity contribution in [1.29, 1.82) is 0 Å². The fourth-order valence-electron chi connectivity index (χ4n) is 4.24. The molecule has 3 heterocycles. The number of carbonyl (C=O) groups is 3. The van der Waals surface area contributed by atoms with Crippen LogP contribution in [0.15, 0.2) is 48.7 Å². The summed E-state index contributed by atoms with van der Waals surface area (Å²) in [6.45, 7) is 0.336. The Balaban J connectivity index is 1.44. The predicted molar refractivity (Wildman–Crippen MR) is 115 cm³/mol. The molecule has 0 spiro atoms. The topological polar surface area (TPSA) is 84.3 Å². The number of nitrogens with one attached hydrogen (secondary N) is 1. The van der Waals surface area contributed by atoms with Gasteiger partial charge in [-0.25, -0.2) is 4.98 Å². The number of rotatable bonds is 3. The molecule has 0 saturated carbocycles. The second-order valence-corrected chi connectivity index (χ2v) is 8.28. The van der Waals surface area contributed by atoms with Crippen molar-refractivity contribution in [3.63, 3.8) is 0 Å². The average Bonchev–Trinajstić information content (AvgIpc) is 3.28. The molecule has 1 saturated heterocycles. The first-order chi connectivity index (χ1) is 14.9. The zero-order chi connectivity index (χ0) is 21.7. The van der Waals surface area contributed by atoms with Crippen molar-refractivity contribution in [3.8, 4) is 22.6 Å². The van der Waals surface area contributed by atoms with Crippen LogP contribution in [0.5, 0.6) is 0 Å². The molecule has 156 valence electrons. The molecule has 0 aliphatic carbocycles. The molecule has 1 N–H and O–H groups in total. The van der Waals surface area contributed by atoms with Gasteiger partial charge in [-0.05, 0) is 36.2 Å². The third-order valence-electron chi connectivity index (χ3n) is 5.78. The molecule has 7 nitrogen and oxygen atoms in total. The molecule has 1 fully saturated rings. The Hall–Kier alpha value is -3.45. The minimum absolute atomic E-state index is 0.184. The summed E-state index contributed by atoms with van der Waals surface area (Å²) in [5.74, 6) is -0.0946. The van der Waals surface area contributed by atoms with Crippen molar-refractivity contribution in [2.24, 2.45) is 7.05 Å². The summed E-state index contributed by atoms with van der Waals surface area (Å²) in [7, 11) is 1.92.